The first-order valence-electron chi connectivity index (χ1n) is 6.60. The number of hydrogen-bond donors (Lipinski definition) is 0. The van der Waals surface area contributed by atoms with Crippen molar-refractivity contribution in [1.29, 1.82) is 0 Å². The van der Waals surface area contributed by atoms with Crippen LogP contribution in [-0.4, -0.2) is 15.5 Å². The predicted molar refractivity (Wildman–Crippen MR) is 86.5 cm³/mol. The van der Waals surface area contributed by atoms with Gasteiger partial charge >= 0.3 is 10.1 Å². The lowest BCUT2D eigenvalue weighted by Crippen LogP contribution is -2.11. The van der Waals surface area contributed by atoms with E-state index in [9.17, 15) is 8.42 Å². The number of ether oxygens (including phenoxy) is 1. The Hall–Kier alpha value is -1.72. The molecule has 2 aromatic rings. The number of methoxy groups -OCH3 is 1. The van der Waals surface area contributed by atoms with Crippen molar-refractivity contribution in [3.8, 4) is 11.5 Å². The second-order valence-corrected chi connectivity index (χ2v) is 6.96. The second kappa shape index (κ2) is 6.18. The van der Waals surface area contributed by atoms with Gasteiger partial charge in [0.2, 0.25) is 0 Å². The SMILES string of the molecule is COc1ccc(C)cc1S(=O)(=O)Oc1cc(C)c(Cl)c(C)c1. The van der Waals surface area contributed by atoms with Gasteiger partial charge in [-0.1, -0.05) is 17.7 Å². The van der Waals surface area contributed by atoms with Crippen molar-refractivity contribution in [3.05, 3.63) is 52.0 Å². The summed E-state index contributed by atoms with van der Waals surface area (Å²) in [5.41, 5.74) is 2.30. The summed E-state index contributed by atoms with van der Waals surface area (Å²) in [4.78, 5) is 0.000237. The maximum Gasteiger partial charge on any atom is 0.342 e. The van der Waals surface area contributed by atoms with Gasteiger partial charge in [-0.15, -0.1) is 0 Å². The Morgan fingerprint density at radius 2 is 1.59 bits per heavy atom. The standard InChI is InChI=1S/C16H17ClO4S/c1-10-5-6-14(20-4)15(7-10)22(18,19)21-13-8-11(2)16(17)12(3)9-13/h5-9H,1-4H3. The van der Waals surface area contributed by atoms with E-state index in [4.69, 9.17) is 20.5 Å². The van der Waals surface area contributed by atoms with Gasteiger partial charge in [0, 0.05) is 5.02 Å². The Kier molecular flexibility index (Phi) is 4.68. The van der Waals surface area contributed by atoms with Crippen LogP contribution >= 0.6 is 11.6 Å². The average Bonchev–Trinajstić information content (AvgIpc) is 2.44. The third-order valence-electron chi connectivity index (χ3n) is 3.20. The van der Waals surface area contributed by atoms with E-state index in [2.05, 4.69) is 0 Å². The molecule has 0 aliphatic heterocycles. The maximum absolute atomic E-state index is 12.5. The Morgan fingerprint density at radius 1 is 1.00 bits per heavy atom. The van der Waals surface area contributed by atoms with Crippen LogP contribution < -0.4 is 8.92 Å². The normalized spacial score (nSPS) is 11.3. The molecule has 0 aromatic heterocycles. The topological polar surface area (TPSA) is 52.6 Å². The zero-order valence-electron chi connectivity index (χ0n) is 12.8. The van der Waals surface area contributed by atoms with Crippen molar-refractivity contribution < 1.29 is 17.3 Å². The summed E-state index contributed by atoms with van der Waals surface area (Å²) in [5.74, 6) is 0.468. The average molecular weight is 341 g/mol. The molecule has 0 aliphatic rings. The Labute approximate surface area is 135 Å². The minimum atomic E-state index is -3.99. The van der Waals surface area contributed by atoms with E-state index in [-0.39, 0.29) is 16.4 Å². The number of hydrogen-bond acceptors (Lipinski definition) is 4. The zero-order chi connectivity index (χ0) is 16.5. The molecule has 0 atom stereocenters. The highest BCUT2D eigenvalue weighted by Gasteiger charge is 2.22. The van der Waals surface area contributed by atoms with Crippen molar-refractivity contribution in [2.75, 3.05) is 7.11 Å². The summed E-state index contributed by atoms with van der Waals surface area (Å²) in [6.45, 7) is 5.39. The largest absolute Gasteiger partial charge is 0.495 e. The molecule has 0 radical (unpaired) electrons. The van der Waals surface area contributed by atoms with Gasteiger partial charge in [0.25, 0.3) is 0 Å². The summed E-state index contributed by atoms with van der Waals surface area (Å²) < 4.78 is 35.4. The van der Waals surface area contributed by atoms with E-state index in [1.54, 1.807) is 45.0 Å². The van der Waals surface area contributed by atoms with E-state index in [1.807, 2.05) is 0 Å². The van der Waals surface area contributed by atoms with Crippen LogP contribution in [0.1, 0.15) is 16.7 Å². The fourth-order valence-corrected chi connectivity index (χ4v) is 3.38. The van der Waals surface area contributed by atoms with Gasteiger partial charge in [-0.05, 0) is 61.7 Å². The van der Waals surface area contributed by atoms with Crippen LogP contribution in [0.4, 0.5) is 0 Å². The van der Waals surface area contributed by atoms with Gasteiger partial charge in [-0.2, -0.15) is 8.42 Å². The van der Waals surface area contributed by atoms with Crippen LogP contribution in [0.25, 0.3) is 0 Å². The van der Waals surface area contributed by atoms with Gasteiger partial charge in [0.15, 0.2) is 0 Å². The fourth-order valence-electron chi connectivity index (χ4n) is 2.11. The van der Waals surface area contributed by atoms with E-state index in [0.717, 1.165) is 16.7 Å². The molecule has 22 heavy (non-hydrogen) atoms. The van der Waals surface area contributed by atoms with E-state index >= 15 is 0 Å². The van der Waals surface area contributed by atoms with Crippen LogP contribution in [0.2, 0.25) is 5.02 Å². The summed E-state index contributed by atoms with van der Waals surface area (Å²) in [7, 11) is -2.58. The molecule has 0 saturated heterocycles. The molecule has 0 spiro atoms. The van der Waals surface area contributed by atoms with Crippen LogP contribution in [0, 0.1) is 20.8 Å². The molecule has 118 valence electrons. The lowest BCUT2D eigenvalue weighted by molar-refractivity contribution is 0.398. The van der Waals surface area contributed by atoms with Crippen molar-refractivity contribution in [1.82, 2.24) is 0 Å². The van der Waals surface area contributed by atoms with Gasteiger partial charge in [0.05, 0.1) is 7.11 Å². The molecule has 0 amide bonds. The molecule has 0 heterocycles. The van der Waals surface area contributed by atoms with Crippen LogP contribution in [-0.2, 0) is 10.1 Å². The highest BCUT2D eigenvalue weighted by atomic mass is 35.5. The van der Waals surface area contributed by atoms with Gasteiger partial charge in [0.1, 0.15) is 16.4 Å². The number of halogens is 1. The van der Waals surface area contributed by atoms with Crippen molar-refractivity contribution in [2.24, 2.45) is 0 Å². The Morgan fingerprint density at radius 3 is 2.14 bits per heavy atom. The lowest BCUT2D eigenvalue weighted by Gasteiger charge is -2.13. The summed E-state index contributed by atoms with van der Waals surface area (Å²) in [6, 6.07) is 8.08. The van der Waals surface area contributed by atoms with E-state index in [0.29, 0.717) is 5.02 Å². The first-order chi connectivity index (χ1) is 10.2. The molecular weight excluding hydrogens is 324 g/mol. The molecule has 0 bridgehead atoms. The van der Waals surface area contributed by atoms with Crippen molar-refractivity contribution in [3.63, 3.8) is 0 Å². The van der Waals surface area contributed by atoms with Crippen LogP contribution in [0.3, 0.4) is 0 Å². The smallest absolute Gasteiger partial charge is 0.342 e. The second-order valence-electron chi connectivity index (χ2n) is 5.06. The highest BCUT2D eigenvalue weighted by Crippen LogP contribution is 2.31. The number of benzene rings is 2. The Bertz CT molecular complexity index is 790. The lowest BCUT2D eigenvalue weighted by atomic mass is 10.1. The van der Waals surface area contributed by atoms with E-state index in [1.165, 1.54) is 13.2 Å². The molecule has 6 heteroatoms. The number of aryl methyl sites for hydroxylation is 3. The number of rotatable bonds is 4. The first kappa shape index (κ1) is 16.6. The fraction of sp³-hybridized carbons (Fsp3) is 0.250. The molecule has 2 rings (SSSR count). The van der Waals surface area contributed by atoms with Crippen molar-refractivity contribution in [2.45, 2.75) is 25.7 Å². The minimum absolute atomic E-state index is 0.000237. The summed E-state index contributed by atoms with van der Waals surface area (Å²) in [6.07, 6.45) is 0. The highest BCUT2D eigenvalue weighted by molar-refractivity contribution is 7.87. The third-order valence-corrected chi connectivity index (χ3v) is 5.07. The molecule has 4 nitrogen and oxygen atoms in total. The molecule has 0 aliphatic carbocycles. The maximum atomic E-state index is 12.5. The first-order valence-corrected chi connectivity index (χ1v) is 8.39. The Balaban J connectivity index is 2.46. The molecule has 0 fully saturated rings. The van der Waals surface area contributed by atoms with Gasteiger partial charge in [-0.3, -0.25) is 0 Å². The quantitative estimate of drug-likeness (QED) is 0.788. The molecule has 0 saturated carbocycles. The summed E-state index contributed by atoms with van der Waals surface area (Å²) in [5, 5.41) is 0.595. The third kappa shape index (κ3) is 3.36. The summed E-state index contributed by atoms with van der Waals surface area (Å²) >= 11 is 6.08. The van der Waals surface area contributed by atoms with Crippen LogP contribution in [0.5, 0.6) is 11.5 Å². The monoisotopic (exact) mass is 340 g/mol. The van der Waals surface area contributed by atoms with E-state index < -0.39 is 10.1 Å². The van der Waals surface area contributed by atoms with Crippen LogP contribution in [0.15, 0.2) is 35.2 Å². The van der Waals surface area contributed by atoms with Gasteiger partial charge < -0.3 is 8.92 Å². The molecule has 0 unspecified atom stereocenters. The molecular formula is C16H17ClO4S. The predicted octanol–water partition coefficient (Wildman–Crippen LogP) is 4.04. The molecule has 2 aromatic carbocycles. The van der Waals surface area contributed by atoms with Crippen molar-refractivity contribution >= 4 is 21.7 Å². The van der Waals surface area contributed by atoms with Gasteiger partial charge in [-0.25, -0.2) is 0 Å². The minimum Gasteiger partial charge on any atom is -0.495 e. The molecule has 0 N–H and O–H groups in total. The zero-order valence-corrected chi connectivity index (χ0v) is 14.4.